The monoisotopic (exact) mass is 530 g/mol. The Labute approximate surface area is 233 Å². The van der Waals surface area contributed by atoms with E-state index in [-0.39, 0.29) is 5.75 Å². The zero-order chi connectivity index (χ0) is 27.1. The molecule has 5 aromatic rings. The molecule has 8 nitrogen and oxygen atoms in total. The molecule has 1 fully saturated rings. The highest BCUT2D eigenvalue weighted by Crippen LogP contribution is 2.28. The molecule has 0 bridgehead atoms. The number of ether oxygens (including phenoxy) is 1. The van der Waals surface area contributed by atoms with Gasteiger partial charge in [0.2, 0.25) is 0 Å². The van der Waals surface area contributed by atoms with Gasteiger partial charge in [-0.25, -0.2) is 9.97 Å². The Bertz CT molecular complexity index is 1590. The van der Waals surface area contributed by atoms with Gasteiger partial charge in [0.1, 0.15) is 17.3 Å². The molecule has 8 heteroatoms. The predicted octanol–water partition coefficient (Wildman–Crippen LogP) is 5.42. The third-order valence-electron chi connectivity index (χ3n) is 6.81. The Hall–Kier alpha value is -4.66. The lowest BCUT2D eigenvalue weighted by Gasteiger charge is -2.26. The van der Waals surface area contributed by atoms with Crippen LogP contribution in [0, 0.1) is 0 Å². The van der Waals surface area contributed by atoms with Crippen LogP contribution in [0.15, 0.2) is 97.5 Å². The summed E-state index contributed by atoms with van der Waals surface area (Å²) in [7, 11) is 0. The van der Waals surface area contributed by atoms with Crippen molar-refractivity contribution in [2.45, 2.75) is 13.1 Å². The van der Waals surface area contributed by atoms with E-state index in [4.69, 9.17) is 14.7 Å². The number of phenolic OH excluding ortho intramolecular Hbond substituents is 1. The van der Waals surface area contributed by atoms with Crippen molar-refractivity contribution in [1.29, 1.82) is 0 Å². The summed E-state index contributed by atoms with van der Waals surface area (Å²) < 4.78 is 5.49. The van der Waals surface area contributed by atoms with E-state index in [1.807, 2.05) is 48.8 Å². The van der Waals surface area contributed by atoms with E-state index in [1.54, 1.807) is 18.3 Å². The van der Waals surface area contributed by atoms with Gasteiger partial charge < -0.3 is 15.2 Å². The van der Waals surface area contributed by atoms with Gasteiger partial charge in [-0.2, -0.15) is 0 Å². The van der Waals surface area contributed by atoms with Crippen molar-refractivity contribution in [2.24, 2.45) is 0 Å². The van der Waals surface area contributed by atoms with Crippen LogP contribution < -0.4 is 5.32 Å². The highest BCUT2D eigenvalue weighted by molar-refractivity contribution is 5.72. The van der Waals surface area contributed by atoms with Crippen molar-refractivity contribution in [1.82, 2.24) is 24.8 Å². The number of pyridine rings is 2. The van der Waals surface area contributed by atoms with Crippen LogP contribution in [0.4, 0.5) is 5.82 Å². The quantitative estimate of drug-likeness (QED) is 0.275. The van der Waals surface area contributed by atoms with Gasteiger partial charge in [-0.1, -0.05) is 36.4 Å². The zero-order valence-electron chi connectivity index (χ0n) is 22.1. The third-order valence-corrected chi connectivity index (χ3v) is 6.81. The van der Waals surface area contributed by atoms with E-state index in [0.29, 0.717) is 23.9 Å². The number of morpholine rings is 1. The van der Waals surface area contributed by atoms with Crippen LogP contribution in [-0.2, 0) is 17.8 Å². The van der Waals surface area contributed by atoms with Crippen LogP contribution in [0.5, 0.6) is 5.75 Å². The van der Waals surface area contributed by atoms with Crippen LogP contribution in [0.2, 0.25) is 0 Å². The molecule has 6 rings (SSSR count). The van der Waals surface area contributed by atoms with Gasteiger partial charge in [0.05, 0.1) is 18.9 Å². The summed E-state index contributed by atoms with van der Waals surface area (Å²) in [5.41, 5.74) is 6.66. The smallest absolute Gasteiger partial charge is 0.180 e. The number of phenols is 1. The highest BCUT2D eigenvalue weighted by atomic mass is 16.5. The topological polar surface area (TPSA) is 96.3 Å². The first kappa shape index (κ1) is 25.6. The van der Waals surface area contributed by atoms with E-state index in [2.05, 4.69) is 50.5 Å². The van der Waals surface area contributed by atoms with Gasteiger partial charge in [0, 0.05) is 62.0 Å². The fourth-order valence-corrected chi connectivity index (χ4v) is 4.76. The summed E-state index contributed by atoms with van der Waals surface area (Å²) in [6, 6.07) is 25.5. The second-order valence-electron chi connectivity index (χ2n) is 9.75. The normalized spacial score (nSPS) is 13.7. The summed E-state index contributed by atoms with van der Waals surface area (Å²) in [4.78, 5) is 21.0. The second kappa shape index (κ2) is 12.0. The maximum Gasteiger partial charge on any atom is 0.180 e. The number of hydrogen-bond donors (Lipinski definition) is 2. The molecule has 0 amide bonds. The number of nitrogens with one attached hydrogen (secondary N) is 1. The summed E-state index contributed by atoms with van der Waals surface area (Å²) >= 11 is 0. The molecule has 0 saturated carbocycles. The molecule has 2 N–H and O–H groups in total. The Kier molecular flexibility index (Phi) is 7.70. The molecule has 0 radical (unpaired) electrons. The van der Waals surface area contributed by atoms with Gasteiger partial charge in [-0.05, 0) is 53.1 Å². The summed E-state index contributed by atoms with van der Waals surface area (Å²) in [6.45, 7) is 4.88. The summed E-state index contributed by atoms with van der Waals surface area (Å²) in [6.07, 6.45) is 5.45. The Balaban J connectivity index is 1.31. The first-order valence-electron chi connectivity index (χ1n) is 13.4. The standard InChI is InChI=1S/C32H30N6O2/c39-28-8-4-5-23(16-28)19-35-31-18-30(36-32(37-31)29-9-1-2-10-34-29)27-17-26(20-33-21-27)25-7-3-6-24(15-25)22-38-11-13-40-14-12-38/h1-10,15-18,20-21,39H,11-14,19,22H2,(H,35,36,37). The maximum absolute atomic E-state index is 9.84. The van der Waals surface area contributed by atoms with Crippen molar-refractivity contribution in [3.05, 3.63) is 109 Å². The lowest BCUT2D eigenvalue weighted by atomic mass is 10.0. The second-order valence-corrected chi connectivity index (χ2v) is 9.75. The SMILES string of the molecule is Oc1cccc(CNc2cc(-c3cncc(-c4cccc(CN5CCOCC5)c4)c3)nc(-c3ccccn3)n2)c1. The summed E-state index contributed by atoms with van der Waals surface area (Å²) in [5.74, 6) is 1.41. The Morgan fingerprint density at radius 1 is 0.775 bits per heavy atom. The number of hydrogen-bond acceptors (Lipinski definition) is 8. The molecule has 4 heterocycles. The number of aromatic hydroxyl groups is 1. The predicted molar refractivity (Wildman–Crippen MR) is 155 cm³/mol. The molecule has 40 heavy (non-hydrogen) atoms. The van der Waals surface area contributed by atoms with Crippen molar-refractivity contribution >= 4 is 5.82 Å². The van der Waals surface area contributed by atoms with E-state index in [9.17, 15) is 5.11 Å². The zero-order valence-corrected chi connectivity index (χ0v) is 22.1. The van der Waals surface area contributed by atoms with Gasteiger partial charge in [0.25, 0.3) is 0 Å². The maximum atomic E-state index is 9.84. The van der Waals surface area contributed by atoms with E-state index in [0.717, 1.165) is 60.8 Å². The van der Waals surface area contributed by atoms with E-state index >= 15 is 0 Å². The molecule has 0 spiro atoms. The van der Waals surface area contributed by atoms with Crippen LogP contribution in [0.1, 0.15) is 11.1 Å². The molecular weight excluding hydrogens is 500 g/mol. The Morgan fingerprint density at radius 3 is 2.48 bits per heavy atom. The number of rotatable bonds is 8. The van der Waals surface area contributed by atoms with Crippen molar-refractivity contribution < 1.29 is 9.84 Å². The van der Waals surface area contributed by atoms with Gasteiger partial charge in [-0.15, -0.1) is 0 Å². The van der Waals surface area contributed by atoms with E-state index in [1.165, 1.54) is 5.56 Å². The van der Waals surface area contributed by atoms with E-state index < -0.39 is 0 Å². The molecule has 0 aliphatic carbocycles. The first-order valence-corrected chi connectivity index (χ1v) is 13.4. The van der Waals surface area contributed by atoms with Crippen molar-refractivity contribution in [3.63, 3.8) is 0 Å². The average molecular weight is 531 g/mol. The molecule has 0 atom stereocenters. The highest BCUT2D eigenvalue weighted by Gasteiger charge is 2.13. The van der Waals surface area contributed by atoms with Crippen LogP contribution >= 0.6 is 0 Å². The first-order chi connectivity index (χ1) is 19.7. The van der Waals surface area contributed by atoms with Gasteiger partial charge in [0.15, 0.2) is 5.82 Å². The molecular formula is C32H30N6O2. The molecule has 0 unspecified atom stereocenters. The third kappa shape index (κ3) is 6.31. The minimum Gasteiger partial charge on any atom is -0.508 e. The number of benzene rings is 2. The lowest BCUT2D eigenvalue weighted by Crippen LogP contribution is -2.35. The molecule has 200 valence electrons. The van der Waals surface area contributed by atoms with Crippen LogP contribution in [-0.4, -0.2) is 56.2 Å². The van der Waals surface area contributed by atoms with Crippen LogP contribution in [0.25, 0.3) is 33.9 Å². The molecule has 1 aliphatic heterocycles. The lowest BCUT2D eigenvalue weighted by molar-refractivity contribution is 0.0342. The number of nitrogens with zero attached hydrogens (tertiary/aromatic N) is 5. The average Bonchev–Trinajstić information content (AvgIpc) is 3.01. The van der Waals surface area contributed by atoms with Gasteiger partial charge >= 0.3 is 0 Å². The molecule has 2 aromatic carbocycles. The van der Waals surface area contributed by atoms with Crippen molar-refractivity contribution in [3.8, 4) is 39.7 Å². The van der Waals surface area contributed by atoms with Crippen molar-refractivity contribution in [2.75, 3.05) is 31.6 Å². The Morgan fingerprint density at radius 2 is 1.62 bits per heavy atom. The number of aromatic nitrogens is 4. The minimum atomic E-state index is 0.230. The fourth-order valence-electron chi connectivity index (χ4n) is 4.76. The van der Waals surface area contributed by atoms with Crippen LogP contribution in [0.3, 0.4) is 0 Å². The molecule has 3 aromatic heterocycles. The fraction of sp³-hybridized carbons (Fsp3) is 0.188. The molecule has 1 aliphatic rings. The van der Waals surface area contributed by atoms with Gasteiger partial charge in [-0.3, -0.25) is 14.9 Å². The minimum absolute atomic E-state index is 0.230. The number of anilines is 1. The molecule has 1 saturated heterocycles. The summed E-state index contributed by atoms with van der Waals surface area (Å²) in [5, 5.41) is 13.2. The largest absolute Gasteiger partial charge is 0.508 e.